The highest BCUT2D eigenvalue weighted by Gasteiger charge is 2.06. The van der Waals surface area contributed by atoms with Gasteiger partial charge in [0.05, 0.1) is 0 Å². The molecule has 0 aromatic rings. The zero-order chi connectivity index (χ0) is 15.1. The van der Waals surface area contributed by atoms with Gasteiger partial charge in [0.25, 0.3) is 0 Å². The molecular weight excluding hydrogens is 244 g/mol. The molecule has 0 heterocycles. The van der Waals surface area contributed by atoms with Crippen LogP contribution in [0.2, 0.25) is 0 Å². The van der Waals surface area contributed by atoms with Gasteiger partial charge in [0.2, 0.25) is 0 Å². The fourth-order valence-electron chi connectivity index (χ4n) is 2.66. The van der Waals surface area contributed by atoms with Gasteiger partial charge in [-0.1, -0.05) is 90.4 Å². The van der Waals surface area contributed by atoms with Crippen molar-refractivity contribution in [3.8, 4) is 0 Å². The second-order valence-electron chi connectivity index (χ2n) is 6.55. The van der Waals surface area contributed by atoms with Crippen molar-refractivity contribution in [2.45, 2.75) is 116 Å². The van der Waals surface area contributed by atoms with Crippen LogP contribution in [0.3, 0.4) is 0 Å². The summed E-state index contributed by atoms with van der Waals surface area (Å²) in [6, 6.07) is 0.343. The number of nitrogens with two attached hydrogens (primary N) is 2. The van der Waals surface area contributed by atoms with Crippen LogP contribution in [-0.4, -0.2) is 12.1 Å². The molecule has 20 heavy (non-hydrogen) atoms. The van der Waals surface area contributed by atoms with Gasteiger partial charge in [-0.2, -0.15) is 0 Å². The Hall–Kier alpha value is -0.0800. The Balaban J connectivity index is 3.03. The lowest BCUT2D eigenvalue weighted by Crippen LogP contribution is -2.38. The molecule has 0 aromatic heterocycles. The summed E-state index contributed by atoms with van der Waals surface area (Å²) in [7, 11) is 0. The molecule has 4 N–H and O–H groups in total. The predicted octanol–water partition coefficient (Wildman–Crippen LogP) is 5.14. The van der Waals surface area contributed by atoms with Crippen LogP contribution >= 0.6 is 0 Å². The van der Waals surface area contributed by atoms with Gasteiger partial charge in [-0.25, -0.2) is 0 Å². The molecule has 0 aliphatic rings. The van der Waals surface area contributed by atoms with Crippen LogP contribution in [-0.2, 0) is 0 Å². The number of rotatable bonds is 15. The Labute approximate surface area is 128 Å². The molecule has 0 aromatic carbocycles. The fraction of sp³-hybridized carbons (Fsp3) is 1.00. The first-order valence-electron chi connectivity index (χ1n) is 9.19. The molecule has 0 saturated carbocycles. The minimum Gasteiger partial charge on any atom is -0.327 e. The van der Waals surface area contributed by atoms with Gasteiger partial charge < -0.3 is 11.5 Å². The Morgan fingerprint density at radius 1 is 0.600 bits per heavy atom. The lowest BCUT2D eigenvalue weighted by atomic mass is 10.0. The topological polar surface area (TPSA) is 52.0 Å². The Morgan fingerprint density at radius 2 is 0.950 bits per heavy atom. The SMILES string of the molecule is CCCCCCCCCCCCCCC[C@@H](N)[C@H](C)N. The second kappa shape index (κ2) is 15.3. The van der Waals surface area contributed by atoms with E-state index in [-0.39, 0.29) is 12.1 Å². The maximum Gasteiger partial charge on any atom is 0.0189 e. The van der Waals surface area contributed by atoms with Crippen molar-refractivity contribution in [3.63, 3.8) is 0 Å². The first kappa shape index (κ1) is 19.9. The van der Waals surface area contributed by atoms with Gasteiger partial charge in [0.1, 0.15) is 0 Å². The largest absolute Gasteiger partial charge is 0.327 e. The summed E-state index contributed by atoms with van der Waals surface area (Å²) in [5.41, 5.74) is 11.7. The van der Waals surface area contributed by atoms with E-state index in [0.717, 1.165) is 6.42 Å². The summed E-state index contributed by atoms with van der Waals surface area (Å²) in [6.45, 7) is 4.29. The van der Waals surface area contributed by atoms with E-state index in [0.29, 0.717) is 0 Å². The maximum absolute atomic E-state index is 5.93. The highest BCUT2D eigenvalue weighted by atomic mass is 14.8. The third-order valence-corrected chi connectivity index (χ3v) is 4.32. The summed E-state index contributed by atoms with van der Waals surface area (Å²) in [5, 5.41) is 0. The van der Waals surface area contributed by atoms with Crippen molar-refractivity contribution in [1.82, 2.24) is 0 Å². The highest BCUT2D eigenvalue weighted by molar-refractivity contribution is 4.70. The van der Waals surface area contributed by atoms with Crippen molar-refractivity contribution >= 4 is 0 Å². The average molecular weight is 285 g/mol. The molecule has 0 saturated heterocycles. The van der Waals surface area contributed by atoms with Gasteiger partial charge >= 0.3 is 0 Å². The van der Waals surface area contributed by atoms with Crippen LogP contribution in [0.5, 0.6) is 0 Å². The molecule has 0 amide bonds. The van der Waals surface area contributed by atoms with Crippen LogP contribution in [0, 0.1) is 0 Å². The minimum atomic E-state index is 0.146. The zero-order valence-corrected chi connectivity index (χ0v) is 14.2. The summed E-state index contributed by atoms with van der Waals surface area (Å²) < 4.78 is 0. The van der Waals surface area contributed by atoms with Crippen molar-refractivity contribution in [2.24, 2.45) is 11.5 Å². The number of unbranched alkanes of at least 4 members (excludes halogenated alkanes) is 12. The van der Waals surface area contributed by atoms with E-state index in [1.54, 1.807) is 0 Å². The smallest absolute Gasteiger partial charge is 0.0189 e. The van der Waals surface area contributed by atoms with Crippen LogP contribution < -0.4 is 11.5 Å². The highest BCUT2D eigenvalue weighted by Crippen LogP contribution is 2.13. The second-order valence-corrected chi connectivity index (χ2v) is 6.55. The first-order valence-corrected chi connectivity index (χ1v) is 9.19. The third-order valence-electron chi connectivity index (χ3n) is 4.32. The molecule has 2 atom stereocenters. The Bertz CT molecular complexity index is 180. The summed E-state index contributed by atoms with van der Waals surface area (Å²) in [6.07, 6.45) is 19.3. The van der Waals surface area contributed by atoms with Crippen LogP contribution in [0.1, 0.15) is 104 Å². The molecule has 0 bridgehead atoms. The molecule has 122 valence electrons. The maximum atomic E-state index is 5.93. The van der Waals surface area contributed by atoms with Crippen LogP contribution in [0.15, 0.2) is 0 Å². The predicted molar refractivity (Wildman–Crippen MR) is 91.9 cm³/mol. The molecule has 0 aliphatic carbocycles. The van der Waals surface area contributed by atoms with Gasteiger partial charge in [-0.05, 0) is 13.3 Å². The molecule has 0 fully saturated rings. The standard InChI is InChI=1S/C18H40N2/c1-3-4-5-6-7-8-9-10-11-12-13-14-15-16-18(20)17(2)19/h17-18H,3-16,19-20H2,1-2H3/t17-,18+/m0/s1. The summed E-state index contributed by atoms with van der Waals surface area (Å²) in [4.78, 5) is 0. The monoisotopic (exact) mass is 284 g/mol. The quantitative estimate of drug-likeness (QED) is 0.409. The van der Waals surface area contributed by atoms with Crippen molar-refractivity contribution in [3.05, 3.63) is 0 Å². The van der Waals surface area contributed by atoms with Crippen LogP contribution in [0.4, 0.5) is 0 Å². The van der Waals surface area contributed by atoms with Crippen LogP contribution in [0.25, 0.3) is 0 Å². The number of hydrogen-bond acceptors (Lipinski definition) is 2. The van der Waals surface area contributed by atoms with E-state index in [2.05, 4.69) is 6.92 Å². The van der Waals surface area contributed by atoms with E-state index < -0.39 is 0 Å². The zero-order valence-electron chi connectivity index (χ0n) is 14.2. The van der Waals surface area contributed by atoms with Gasteiger partial charge in [0.15, 0.2) is 0 Å². The molecule has 0 rings (SSSR count). The molecule has 0 unspecified atom stereocenters. The molecule has 2 heteroatoms. The van der Waals surface area contributed by atoms with Gasteiger partial charge in [0, 0.05) is 12.1 Å². The van der Waals surface area contributed by atoms with Crippen molar-refractivity contribution < 1.29 is 0 Å². The van der Waals surface area contributed by atoms with E-state index in [4.69, 9.17) is 11.5 Å². The molecule has 0 aliphatic heterocycles. The summed E-state index contributed by atoms with van der Waals surface area (Å²) >= 11 is 0. The molecule has 2 nitrogen and oxygen atoms in total. The fourth-order valence-corrected chi connectivity index (χ4v) is 2.66. The molecular formula is C18H40N2. The van der Waals surface area contributed by atoms with E-state index in [1.165, 1.54) is 83.5 Å². The third kappa shape index (κ3) is 14.3. The molecule has 0 radical (unpaired) electrons. The van der Waals surface area contributed by atoms with E-state index in [1.807, 2.05) is 6.92 Å². The normalized spacial score (nSPS) is 14.4. The van der Waals surface area contributed by atoms with E-state index >= 15 is 0 Å². The summed E-state index contributed by atoms with van der Waals surface area (Å²) in [5.74, 6) is 0. The molecule has 0 spiro atoms. The van der Waals surface area contributed by atoms with Gasteiger partial charge in [-0.15, -0.1) is 0 Å². The van der Waals surface area contributed by atoms with E-state index in [9.17, 15) is 0 Å². The van der Waals surface area contributed by atoms with Gasteiger partial charge in [-0.3, -0.25) is 0 Å². The Kier molecular flexibility index (Phi) is 15.3. The lowest BCUT2D eigenvalue weighted by Gasteiger charge is -2.14. The average Bonchev–Trinajstić information content (AvgIpc) is 2.43. The van der Waals surface area contributed by atoms with Crippen molar-refractivity contribution in [1.29, 1.82) is 0 Å². The minimum absolute atomic E-state index is 0.146. The lowest BCUT2D eigenvalue weighted by molar-refractivity contribution is 0.480. The first-order chi connectivity index (χ1) is 9.68. The number of hydrogen-bond donors (Lipinski definition) is 2. The van der Waals surface area contributed by atoms with Crippen molar-refractivity contribution in [2.75, 3.05) is 0 Å². The Morgan fingerprint density at radius 3 is 1.30 bits per heavy atom.